The van der Waals surface area contributed by atoms with Crippen LogP contribution in [0.4, 0.5) is 0 Å². The molecule has 1 aromatic rings. The van der Waals surface area contributed by atoms with E-state index in [1.807, 2.05) is 12.1 Å². The third kappa shape index (κ3) is 2.54. The van der Waals surface area contributed by atoms with Gasteiger partial charge in [-0.3, -0.25) is 5.41 Å². The van der Waals surface area contributed by atoms with Crippen LogP contribution in [-0.2, 0) is 6.42 Å². The number of ether oxygens (including phenoxy) is 1. The number of benzene rings is 1. The normalized spacial score (nSPS) is 15.6. The SMILES string of the molecule is COc1ccc(CCN2CCCC2=N)cc1. The van der Waals surface area contributed by atoms with Crippen LogP contribution < -0.4 is 4.74 Å². The molecular formula is C13H18N2O. The summed E-state index contributed by atoms with van der Waals surface area (Å²) < 4.78 is 5.12. The van der Waals surface area contributed by atoms with Gasteiger partial charge in [0.2, 0.25) is 0 Å². The van der Waals surface area contributed by atoms with Crippen molar-refractivity contribution < 1.29 is 4.74 Å². The summed E-state index contributed by atoms with van der Waals surface area (Å²) in [5, 5.41) is 7.74. The predicted molar refractivity (Wildman–Crippen MR) is 65.2 cm³/mol. The predicted octanol–water partition coefficient (Wildman–Crippen LogP) is 2.31. The first-order valence-electron chi connectivity index (χ1n) is 5.75. The van der Waals surface area contributed by atoms with Crippen molar-refractivity contribution in [1.82, 2.24) is 4.90 Å². The molecule has 0 atom stereocenters. The fraction of sp³-hybridized carbons (Fsp3) is 0.462. The van der Waals surface area contributed by atoms with E-state index in [0.29, 0.717) is 0 Å². The quantitative estimate of drug-likeness (QED) is 0.842. The van der Waals surface area contributed by atoms with E-state index in [1.54, 1.807) is 7.11 Å². The van der Waals surface area contributed by atoms with E-state index in [4.69, 9.17) is 10.1 Å². The molecule has 1 heterocycles. The smallest absolute Gasteiger partial charge is 0.118 e. The molecule has 86 valence electrons. The Balaban J connectivity index is 1.86. The zero-order chi connectivity index (χ0) is 11.4. The van der Waals surface area contributed by atoms with Crippen LogP contribution in [0.1, 0.15) is 18.4 Å². The molecule has 0 aromatic heterocycles. The first kappa shape index (κ1) is 11.0. The summed E-state index contributed by atoms with van der Waals surface area (Å²) in [4.78, 5) is 2.17. The van der Waals surface area contributed by atoms with Crippen LogP contribution in [0.5, 0.6) is 5.75 Å². The highest BCUT2D eigenvalue weighted by molar-refractivity contribution is 5.80. The Bertz CT molecular complexity index is 359. The van der Waals surface area contributed by atoms with Gasteiger partial charge in [0.15, 0.2) is 0 Å². The van der Waals surface area contributed by atoms with Gasteiger partial charge in [0.05, 0.1) is 12.9 Å². The zero-order valence-corrected chi connectivity index (χ0v) is 9.70. The lowest BCUT2D eigenvalue weighted by molar-refractivity contribution is 0.414. The fourth-order valence-corrected chi connectivity index (χ4v) is 2.03. The molecule has 3 heteroatoms. The Morgan fingerprint density at radius 1 is 1.31 bits per heavy atom. The Kier molecular flexibility index (Phi) is 3.44. The molecule has 1 N–H and O–H groups in total. The maximum absolute atomic E-state index is 7.74. The van der Waals surface area contributed by atoms with Gasteiger partial charge < -0.3 is 9.64 Å². The number of amidine groups is 1. The lowest BCUT2D eigenvalue weighted by Gasteiger charge is -2.17. The summed E-state index contributed by atoms with van der Waals surface area (Å²) in [6, 6.07) is 8.17. The first-order chi connectivity index (χ1) is 7.79. The van der Waals surface area contributed by atoms with Crippen molar-refractivity contribution >= 4 is 5.84 Å². The second-order valence-electron chi connectivity index (χ2n) is 4.14. The molecule has 0 amide bonds. The van der Waals surface area contributed by atoms with Crippen molar-refractivity contribution in [1.29, 1.82) is 5.41 Å². The fourth-order valence-electron chi connectivity index (χ4n) is 2.03. The van der Waals surface area contributed by atoms with Gasteiger partial charge in [-0.25, -0.2) is 0 Å². The molecular weight excluding hydrogens is 200 g/mol. The highest BCUT2D eigenvalue weighted by atomic mass is 16.5. The average Bonchev–Trinajstić information content (AvgIpc) is 2.73. The minimum atomic E-state index is 0.800. The highest BCUT2D eigenvalue weighted by Crippen LogP contribution is 2.14. The molecule has 1 saturated heterocycles. The molecule has 1 aromatic carbocycles. The number of nitrogens with one attached hydrogen (secondary N) is 1. The van der Waals surface area contributed by atoms with Crippen molar-refractivity contribution in [3.63, 3.8) is 0 Å². The Morgan fingerprint density at radius 3 is 2.62 bits per heavy atom. The molecule has 0 spiro atoms. The Labute approximate surface area is 96.5 Å². The standard InChI is InChI=1S/C13H18N2O/c1-16-12-6-4-11(5-7-12)8-10-15-9-2-3-13(15)14/h4-7,14H,2-3,8-10H2,1H3. The van der Waals surface area contributed by atoms with Gasteiger partial charge in [-0.1, -0.05) is 12.1 Å². The molecule has 0 unspecified atom stereocenters. The van der Waals surface area contributed by atoms with Crippen LogP contribution in [0.2, 0.25) is 0 Å². The van der Waals surface area contributed by atoms with Crippen LogP contribution in [0.15, 0.2) is 24.3 Å². The number of rotatable bonds is 4. The van der Waals surface area contributed by atoms with E-state index in [2.05, 4.69) is 17.0 Å². The second kappa shape index (κ2) is 5.01. The van der Waals surface area contributed by atoms with Gasteiger partial charge >= 0.3 is 0 Å². The summed E-state index contributed by atoms with van der Waals surface area (Å²) in [6.07, 6.45) is 3.09. The van der Waals surface area contributed by atoms with Gasteiger partial charge in [0.1, 0.15) is 5.75 Å². The number of hydrogen-bond donors (Lipinski definition) is 1. The van der Waals surface area contributed by atoms with E-state index in [-0.39, 0.29) is 0 Å². The monoisotopic (exact) mass is 218 g/mol. The second-order valence-corrected chi connectivity index (χ2v) is 4.14. The maximum atomic E-state index is 7.74. The van der Waals surface area contributed by atoms with Crippen LogP contribution >= 0.6 is 0 Å². The number of methoxy groups -OCH3 is 1. The van der Waals surface area contributed by atoms with Crippen molar-refractivity contribution in [3.05, 3.63) is 29.8 Å². The van der Waals surface area contributed by atoms with E-state index in [0.717, 1.165) is 43.9 Å². The Hall–Kier alpha value is -1.51. The van der Waals surface area contributed by atoms with Gasteiger partial charge in [0.25, 0.3) is 0 Å². The van der Waals surface area contributed by atoms with Crippen molar-refractivity contribution in [3.8, 4) is 5.75 Å². The summed E-state index contributed by atoms with van der Waals surface area (Å²) in [7, 11) is 1.68. The molecule has 1 fully saturated rings. The third-order valence-electron chi connectivity index (χ3n) is 3.05. The van der Waals surface area contributed by atoms with Gasteiger partial charge in [0, 0.05) is 19.5 Å². The number of nitrogens with zero attached hydrogens (tertiary/aromatic N) is 1. The molecule has 1 aliphatic heterocycles. The minimum absolute atomic E-state index is 0.800. The molecule has 16 heavy (non-hydrogen) atoms. The largest absolute Gasteiger partial charge is 0.497 e. The molecule has 3 nitrogen and oxygen atoms in total. The summed E-state index contributed by atoms with van der Waals surface area (Å²) in [5.74, 6) is 1.70. The molecule has 0 radical (unpaired) electrons. The molecule has 0 saturated carbocycles. The third-order valence-corrected chi connectivity index (χ3v) is 3.05. The zero-order valence-electron chi connectivity index (χ0n) is 9.70. The molecule has 0 bridgehead atoms. The highest BCUT2D eigenvalue weighted by Gasteiger charge is 2.15. The lowest BCUT2D eigenvalue weighted by atomic mass is 10.1. The molecule has 0 aliphatic carbocycles. The first-order valence-corrected chi connectivity index (χ1v) is 5.75. The van der Waals surface area contributed by atoms with E-state index >= 15 is 0 Å². The van der Waals surface area contributed by atoms with Gasteiger partial charge in [-0.2, -0.15) is 0 Å². The molecule has 1 aliphatic rings. The van der Waals surface area contributed by atoms with Crippen molar-refractivity contribution in [2.75, 3.05) is 20.2 Å². The Morgan fingerprint density at radius 2 is 2.06 bits per heavy atom. The number of likely N-dealkylation sites (tertiary alicyclic amines) is 1. The minimum Gasteiger partial charge on any atom is -0.497 e. The van der Waals surface area contributed by atoms with Crippen LogP contribution in [0.25, 0.3) is 0 Å². The van der Waals surface area contributed by atoms with Crippen LogP contribution in [0, 0.1) is 5.41 Å². The molecule has 2 rings (SSSR count). The van der Waals surface area contributed by atoms with Gasteiger partial charge in [-0.15, -0.1) is 0 Å². The van der Waals surface area contributed by atoms with E-state index < -0.39 is 0 Å². The van der Waals surface area contributed by atoms with Crippen LogP contribution in [-0.4, -0.2) is 30.9 Å². The topological polar surface area (TPSA) is 36.3 Å². The summed E-state index contributed by atoms with van der Waals surface area (Å²) >= 11 is 0. The maximum Gasteiger partial charge on any atom is 0.118 e. The summed E-state index contributed by atoms with van der Waals surface area (Å²) in [5.41, 5.74) is 1.31. The van der Waals surface area contributed by atoms with E-state index in [1.165, 1.54) is 5.56 Å². The van der Waals surface area contributed by atoms with Crippen LogP contribution in [0.3, 0.4) is 0 Å². The van der Waals surface area contributed by atoms with Crippen molar-refractivity contribution in [2.45, 2.75) is 19.3 Å². The van der Waals surface area contributed by atoms with E-state index in [9.17, 15) is 0 Å². The van der Waals surface area contributed by atoms with Crippen molar-refractivity contribution in [2.24, 2.45) is 0 Å². The summed E-state index contributed by atoms with van der Waals surface area (Å²) in [6.45, 7) is 2.01. The van der Waals surface area contributed by atoms with Gasteiger partial charge in [-0.05, 0) is 30.5 Å². The lowest BCUT2D eigenvalue weighted by Crippen LogP contribution is -2.26. The average molecular weight is 218 g/mol. The number of hydrogen-bond acceptors (Lipinski definition) is 2.